The summed E-state index contributed by atoms with van der Waals surface area (Å²) in [5, 5.41) is 0.0748. The topological polar surface area (TPSA) is 79.2 Å². The summed E-state index contributed by atoms with van der Waals surface area (Å²) >= 11 is 13.7. The van der Waals surface area contributed by atoms with Crippen molar-refractivity contribution in [3.05, 3.63) is 46.4 Å². The van der Waals surface area contributed by atoms with Gasteiger partial charge in [0.2, 0.25) is 12.2 Å². The number of amides is 2. The van der Waals surface area contributed by atoms with Crippen LogP contribution in [0.25, 0.3) is 0 Å². The fourth-order valence-corrected chi connectivity index (χ4v) is 5.56. The van der Waals surface area contributed by atoms with Crippen LogP contribution in [0.3, 0.4) is 0 Å². The van der Waals surface area contributed by atoms with E-state index in [4.69, 9.17) is 9.68 Å². The highest BCUT2D eigenvalue weighted by Crippen LogP contribution is 2.35. The third-order valence-corrected chi connectivity index (χ3v) is 7.86. The summed E-state index contributed by atoms with van der Waals surface area (Å²) in [6, 6.07) is 0. The van der Waals surface area contributed by atoms with Crippen LogP contribution < -0.4 is 0 Å². The van der Waals surface area contributed by atoms with E-state index >= 15 is 0 Å². The highest BCUT2D eigenvalue weighted by Gasteiger charge is 2.41. The number of hydrogen-bond donors (Lipinski definition) is 0. The van der Waals surface area contributed by atoms with E-state index in [9.17, 15) is 14.5 Å². The van der Waals surface area contributed by atoms with Gasteiger partial charge in [-0.05, 0) is 102 Å². The van der Waals surface area contributed by atoms with Gasteiger partial charge in [-0.2, -0.15) is 9.68 Å². The van der Waals surface area contributed by atoms with E-state index < -0.39 is 12.2 Å². The Morgan fingerprint density at radius 3 is 1.39 bits per heavy atom. The van der Waals surface area contributed by atoms with Crippen molar-refractivity contribution < 1.29 is 24.4 Å². The van der Waals surface area contributed by atoms with Gasteiger partial charge in [0.05, 0.1) is 29.3 Å². The van der Waals surface area contributed by atoms with Gasteiger partial charge in [-0.3, -0.25) is 9.59 Å². The highest BCUT2D eigenvalue weighted by atomic mass is 79.9. The third-order valence-electron chi connectivity index (χ3n) is 6.23. The Hall–Kier alpha value is -0.980. The molecule has 212 valence electrons. The molecule has 0 bridgehead atoms. The van der Waals surface area contributed by atoms with Crippen molar-refractivity contribution in [3.63, 3.8) is 0 Å². The Morgan fingerprint density at radius 1 is 0.737 bits per heavy atom. The summed E-state index contributed by atoms with van der Waals surface area (Å²) in [4.78, 5) is 54.3. The number of allylic oxidation sites excluding steroid dienone is 2. The Bertz CT molecular complexity index is 938. The molecule has 0 aromatic heterocycles. The minimum atomic E-state index is -0.797. The van der Waals surface area contributed by atoms with Crippen LogP contribution in [-0.2, 0) is 19.3 Å². The fraction of sp³-hybridized carbons (Fsp3) is 0.615. The van der Waals surface area contributed by atoms with Crippen LogP contribution >= 0.6 is 63.7 Å². The molecule has 0 aromatic carbocycles. The van der Waals surface area contributed by atoms with Crippen LogP contribution in [0, 0.1) is 4.91 Å². The van der Waals surface area contributed by atoms with Crippen molar-refractivity contribution in [2.75, 3.05) is 13.1 Å². The number of carbonyl (C=O) groups is 2. The van der Waals surface area contributed by atoms with Crippen LogP contribution in [0.15, 0.2) is 41.5 Å². The van der Waals surface area contributed by atoms with Crippen LogP contribution in [0.2, 0.25) is 0 Å². The molecule has 12 heteroatoms. The van der Waals surface area contributed by atoms with Crippen molar-refractivity contribution in [3.8, 4) is 0 Å². The summed E-state index contributed by atoms with van der Waals surface area (Å²) in [7, 11) is 0. The van der Waals surface area contributed by atoms with Gasteiger partial charge in [0, 0.05) is 13.1 Å². The van der Waals surface area contributed by atoms with Crippen LogP contribution in [0.5, 0.6) is 0 Å². The minimum absolute atomic E-state index is 0.0748. The summed E-state index contributed by atoms with van der Waals surface area (Å²) in [6.07, 6.45) is 7.74. The molecular weight excluding hydrogens is 754 g/mol. The van der Waals surface area contributed by atoms with E-state index in [1.807, 2.05) is 13.8 Å². The number of unbranched alkanes of at least 4 members (excludes halogenated alkanes) is 2. The zero-order valence-corrected chi connectivity index (χ0v) is 28.6. The summed E-state index contributed by atoms with van der Waals surface area (Å²) in [5.74, 6) is -0.391. The number of carbonyl (C=O) groups excluding carboxylic acids is 2. The molecule has 0 fully saturated rings. The first-order chi connectivity index (χ1) is 18.1. The van der Waals surface area contributed by atoms with Crippen LogP contribution in [-0.4, -0.2) is 52.0 Å². The van der Waals surface area contributed by atoms with Gasteiger partial charge in [0.25, 0.3) is 11.8 Å². The lowest BCUT2D eigenvalue weighted by atomic mass is 10.1. The zero-order valence-electron chi connectivity index (χ0n) is 22.3. The van der Waals surface area contributed by atoms with Gasteiger partial charge in [0.15, 0.2) is 0 Å². The Kier molecular flexibility index (Phi) is 14.3. The van der Waals surface area contributed by atoms with E-state index in [-0.39, 0.29) is 16.9 Å². The molecule has 38 heavy (non-hydrogen) atoms. The van der Waals surface area contributed by atoms with E-state index in [0.29, 0.717) is 68.1 Å². The second-order valence-electron chi connectivity index (χ2n) is 9.10. The molecule has 2 heterocycles. The maximum atomic E-state index is 13.3. The molecule has 0 aliphatic carbocycles. The molecule has 0 radical (unpaired) electrons. The monoisotopic (exact) mass is 786 g/mol. The first kappa shape index (κ1) is 33.2. The van der Waals surface area contributed by atoms with Crippen molar-refractivity contribution in [1.29, 1.82) is 0 Å². The standard InChI is InChI=1S/C26H36Br4N3O5/c1-5-9-13-31-19(23(27)28)15-17(25(31)34)21(11-7-3)37-33(36)38-22(12-8-4)18-16-20(24(29)30)32(26(18)35)14-10-6-2/h15-16,21-22H,5-14H2,1-4H3/q+1. The normalized spacial score (nSPS) is 17.1. The maximum Gasteiger partial charge on any atom is 0.478 e. The molecule has 0 spiro atoms. The smallest absolute Gasteiger partial charge is 0.307 e. The second kappa shape index (κ2) is 16.3. The van der Waals surface area contributed by atoms with Gasteiger partial charge >= 0.3 is 5.09 Å². The molecular formula is C26H36Br4N3O5+. The quantitative estimate of drug-likeness (QED) is 0.148. The minimum Gasteiger partial charge on any atom is -0.307 e. The Morgan fingerprint density at radius 2 is 1.11 bits per heavy atom. The molecule has 0 aromatic rings. The van der Waals surface area contributed by atoms with Gasteiger partial charge in [-0.1, -0.05) is 53.4 Å². The molecule has 0 N–H and O–H groups in total. The van der Waals surface area contributed by atoms with Crippen molar-refractivity contribution in [2.45, 2.75) is 91.3 Å². The lowest BCUT2D eigenvalue weighted by Crippen LogP contribution is -2.35. The van der Waals surface area contributed by atoms with Gasteiger partial charge in [0.1, 0.15) is 4.91 Å². The fourth-order valence-electron chi connectivity index (χ4n) is 4.24. The van der Waals surface area contributed by atoms with E-state index in [1.165, 1.54) is 0 Å². The summed E-state index contributed by atoms with van der Waals surface area (Å²) < 4.78 is 1.30. The molecule has 8 nitrogen and oxygen atoms in total. The molecule has 0 saturated heterocycles. The maximum absolute atomic E-state index is 13.3. The van der Waals surface area contributed by atoms with E-state index in [2.05, 4.69) is 77.6 Å². The van der Waals surface area contributed by atoms with Crippen molar-refractivity contribution in [1.82, 2.24) is 9.80 Å². The largest absolute Gasteiger partial charge is 0.478 e. The SMILES string of the molecule is CCCCN1C(=O)C(C(CCC)O[N+](=O)OC(CCC)C2=CC(=C(Br)Br)N(CCCC)C2=O)=CC1=C(Br)Br. The highest BCUT2D eigenvalue weighted by molar-refractivity contribution is 9.28. The average Bonchev–Trinajstić information content (AvgIpc) is 3.37. The predicted octanol–water partition coefficient (Wildman–Crippen LogP) is 8.02. The lowest BCUT2D eigenvalue weighted by molar-refractivity contribution is -0.990. The first-order valence-electron chi connectivity index (χ1n) is 13.1. The Labute approximate surface area is 258 Å². The van der Waals surface area contributed by atoms with Gasteiger partial charge in [-0.15, -0.1) is 0 Å². The van der Waals surface area contributed by atoms with Gasteiger partial charge < -0.3 is 9.80 Å². The summed E-state index contributed by atoms with van der Waals surface area (Å²) in [6.45, 7) is 9.15. The molecule has 2 atom stereocenters. The van der Waals surface area contributed by atoms with Crippen LogP contribution in [0.1, 0.15) is 79.1 Å². The van der Waals surface area contributed by atoms with Gasteiger partial charge in [-0.25, -0.2) is 0 Å². The second-order valence-corrected chi connectivity index (χ2v) is 14.4. The molecule has 2 rings (SSSR count). The zero-order chi connectivity index (χ0) is 28.4. The lowest BCUT2D eigenvalue weighted by Gasteiger charge is -2.20. The van der Waals surface area contributed by atoms with E-state index in [1.54, 1.807) is 22.0 Å². The number of hydrogen-bond acceptors (Lipinski definition) is 5. The van der Waals surface area contributed by atoms with Crippen molar-refractivity contribution in [2.24, 2.45) is 0 Å². The van der Waals surface area contributed by atoms with Crippen molar-refractivity contribution >= 4 is 75.5 Å². The molecule has 2 unspecified atom stereocenters. The molecule has 0 saturated carbocycles. The predicted molar refractivity (Wildman–Crippen MR) is 162 cm³/mol. The average molecular weight is 790 g/mol. The Balaban J connectivity index is 2.26. The van der Waals surface area contributed by atoms with E-state index in [0.717, 1.165) is 25.7 Å². The number of rotatable bonds is 16. The molecule has 2 aliphatic rings. The third kappa shape index (κ3) is 8.51. The number of halogens is 4. The van der Waals surface area contributed by atoms with Crippen LogP contribution in [0.4, 0.5) is 0 Å². The number of nitrogens with zero attached hydrogens (tertiary/aromatic N) is 3. The molecule has 2 amide bonds. The first-order valence-corrected chi connectivity index (χ1v) is 16.3. The molecule has 2 aliphatic heterocycles. The summed E-state index contributed by atoms with van der Waals surface area (Å²) in [5.41, 5.74) is 2.17.